The molecule has 2 heterocycles. The van der Waals surface area contributed by atoms with Gasteiger partial charge in [0.15, 0.2) is 0 Å². The number of alkyl halides is 3. The van der Waals surface area contributed by atoms with E-state index in [1.165, 1.54) is 29.2 Å². The lowest BCUT2D eigenvalue weighted by molar-refractivity contribution is -0.137. The van der Waals surface area contributed by atoms with Gasteiger partial charge in [-0.1, -0.05) is 6.07 Å². The molecule has 4 aromatic rings. The molecule has 0 aliphatic heterocycles. The summed E-state index contributed by atoms with van der Waals surface area (Å²) in [5.74, 6) is 0.835. The van der Waals surface area contributed by atoms with Crippen molar-refractivity contribution in [2.45, 2.75) is 31.1 Å². The molecule has 2 aromatic carbocycles. The van der Waals surface area contributed by atoms with E-state index in [0.29, 0.717) is 29.1 Å². The molecular formula is C25H22F3N5O3. The van der Waals surface area contributed by atoms with Crippen LogP contribution in [0.4, 0.5) is 23.7 Å². The molecule has 2 aromatic heterocycles. The van der Waals surface area contributed by atoms with Crippen molar-refractivity contribution in [1.29, 1.82) is 0 Å². The Morgan fingerprint density at radius 1 is 1.11 bits per heavy atom. The first-order chi connectivity index (χ1) is 17.2. The summed E-state index contributed by atoms with van der Waals surface area (Å²) in [5.41, 5.74) is 0.259. The monoisotopic (exact) mass is 497 g/mol. The summed E-state index contributed by atoms with van der Waals surface area (Å²) in [6.07, 6.45) is 0.279. The van der Waals surface area contributed by atoms with Crippen LogP contribution < -0.4 is 15.4 Å². The van der Waals surface area contributed by atoms with Crippen LogP contribution >= 0.6 is 0 Å². The number of ether oxygens (including phenoxy) is 1. The summed E-state index contributed by atoms with van der Waals surface area (Å²) < 4.78 is 46.0. The Labute approximate surface area is 203 Å². The van der Waals surface area contributed by atoms with E-state index in [-0.39, 0.29) is 17.8 Å². The summed E-state index contributed by atoms with van der Waals surface area (Å²) in [7, 11) is 0. The molecule has 0 bridgehead atoms. The highest BCUT2D eigenvalue weighted by atomic mass is 19.4. The maximum Gasteiger partial charge on any atom is 0.416 e. The van der Waals surface area contributed by atoms with Gasteiger partial charge >= 0.3 is 12.2 Å². The lowest BCUT2D eigenvalue weighted by atomic mass is 10.2. The Morgan fingerprint density at radius 3 is 2.69 bits per heavy atom. The zero-order chi connectivity index (χ0) is 25.3. The van der Waals surface area contributed by atoms with E-state index in [9.17, 15) is 23.1 Å². The number of halogens is 3. The molecular weight excluding hydrogens is 475 g/mol. The van der Waals surface area contributed by atoms with Crippen LogP contribution in [0.15, 0.2) is 67.1 Å². The molecule has 0 unspecified atom stereocenters. The minimum Gasteiger partial charge on any atom is -0.439 e. The summed E-state index contributed by atoms with van der Waals surface area (Å²) in [6, 6.07) is 12.3. The number of aliphatic hydroxyl groups is 1. The Hall–Kier alpha value is -3.96. The van der Waals surface area contributed by atoms with Crippen molar-refractivity contribution in [2.24, 2.45) is 0 Å². The SMILES string of the molecule is O=C(Nc1cccc(C(F)(F)F)c1)n1ccc2cc(Oc3cc(CNC4(CO)CC4)ncn3)ccc21. The average molecular weight is 497 g/mol. The van der Waals surface area contributed by atoms with Crippen molar-refractivity contribution in [2.75, 3.05) is 11.9 Å². The second-order valence-corrected chi connectivity index (χ2v) is 8.66. The number of nitrogens with zero attached hydrogens (tertiary/aromatic N) is 3. The van der Waals surface area contributed by atoms with Crippen LogP contribution in [0.2, 0.25) is 0 Å². The molecule has 11 heteroatoms. The quantitative estimate of drug-likeness (QED) is 0.335. The molecule has 36 heavy (non-hydrogen) atoms. The van der Waals surface area contributed by atoms with E-state index in [4.69, 9.17) is 4.74 Å². The van der Waals surface area contributed by atoms with Gasteiger partial charge in [-0.3, -0.25) is 4.57 Å². The Balaban J connectivity index is 1.28. The van der Waals surface area contributed by atoms with Crippen LogP contribution in [-0.4, -0.2) is 37.8 Å². The van der Waals surface area contributed by atoms with Crippen LogP contribution in [0.1, 0.15) is 24.1 Å². The van der Waals surface area contributed by atoms with Gasteiger partial charge in [0.05, 0.1) is 23.4 Å². The zero-order valence-corrected chi connectivity index (χ0v) is 18.9. The number of hydrogen-bond donors (Lipinski definition) is 3. The first kappa shape index (κ1) is 23.8. The largest absolute Gasteiger partial charge is 0.439 e. The molecule has 1 aliphatic rings. The number of rotatable bonds is 7. The second kappa shape index (κ2) is 9.25. The minimum absolute atomic E-state index is 0.0391. The smallest absolute Gasteiger partial charge is 0.416 e. The van der Waals surface area contributed by atoms with Gasteiger partial charge in [-0.2, -0.15) is 13.2 Å². The number of amides is 1. The molecule has 1 fully saturated rings. The third-order valence-electron chi connectivity index (χ3n) is 6.04. The number of fused-ring (bicyclic) bond motifs is 1. The molecule has 1 amide bonds. The van der Waals surface area contributed by atoms with Gasteiger partial charge in [0.2, 0.25) is 5.88 Å². The fraction of sp³-hybridized carbons (Fsp3) is 0.240. The van der Waals surface area contributed by atoms with Gasteiger partial charge in [0.25, 0.3) is 0 Å². The maximum atomic E-state index is 13.0. The van der Waals surface area contributed by atoms with Crippen LogP contribution in [-0.2, 0) is 12.7 Å². The van der Waals surface area contributed by atoms with Crippen molar-refractivity contribution < 1.29 is 27.8 Å². The second-order valence-electron chi connectivity index (χ2n) is 8.66. The fourth-order valence-electron chi connectivity index (χ4n) is 3.79. The predicted octanol–water partition coefficient (Wildman–Crippen LogP) is 4.94. The first-order valence-electron chi connectivity index (χ1n) is 11.2. The van der Waals surface area contributed by atoms with E-state index < -0.39 is 17.8 Å². The Bertz CT molecular complexity index is 1420. The van der Waals surface area contributed by atoms with E-state index in [1.54, 1.807) is 30.3 Å². The van der Waals surface area contributed by atoms with Gasteiger partial charge in [-0.15, -0.1) is 0 Å². The van der Waals surface area contributed by atoms with Gasteiger partial charge in [-0.25, -0.2) is 14.8 Å². The molecule has 0 atom stereocenters. The Morgan fingerprint density at radius 2 is 1.94 bits per heavy atom. The number of carbonyl (C=O) groups is 1. The van der Waals surface area contributed by atoms with Crippen molar-refractivity contribution >= 4 is 22.6 Å². The van der Waals surface area contributed by atoms with E-state index in [2.05, 4.69) is 20.6 Å². The third-order valence-corrected chi connectivity index (χ3v) is 6.04. The average Bonchev–Trinajstić information content (AvgIpc) is 3.52. The fourth-order valence-corrected chi connectivity index (χ4v) is 3.79. The highest BCUT2D eigenvalue weighted by molar-refractivity contribution is 5.98. The van der Waals surface area contributed by atoms with Gasteiger partial charge in [0, 0.05) is 35.4 Å². The van der Waals surface area contributed by atoms with Crippen LogP contribution in [0.25, 0.3) is 10.9 Å². The van der Waals surface area contributed by atoms with E-state index in [0.717, 1.165) is 30.7 Å². The van der Waals surface area contributed by atoms with Gasteiger partial charge < -0.3 is 20.5 Å². The minimum atomic E-state index is -4.50. The first-order valence-corrected chi connectivity index (χ1v) is 11.2. The lowest BCUT2D eigenvalue weighted by Crippen LogP contribution is -2.34. The number of aromatic nitrogens is 3. The predicted molar refractivity (Wildman–Crippen MR) is 126 cm³/mol. The lowest BCUT2D eigenvalue weighted by Gasteiger charge is -2.14. The van der Waals surface area contributed by atoms with Crippen LogP contribution in [0, 0.1) is 0 Å². The molecule has 0 radical (unpaired) electrons. The zero-order valence-electron chi connectivity index (χ0n) is 18.9. The maximum absolute atomic E-state index is 13.0. The number of hydrogen-bond acceptors (Lipinski definition) is 6. The number of nitrogens with one attached hydrogen (secondary N) is 2. The number of aliphatic hydroxyl groups excluding tert-OH is 1. The topological polar surface area (TPSA) is 101 Å². The summed E-state index contributed by atoms with van der Waals surface area (Å²) in [4.78, 5) is 21.1. The third kappa shape index (κ3) is 5.16. The summed E-state index contributed by atoms with van der Waals surface area (Å²) in [6.45, 7) is 0.557. The van der Waals surface area contributed by atoms with Crippen LogP contribution in [0.3, 0.4) is 0 Å². The highest BCUT2D eigenvalue weighted by Crippen LogP contribution is 2.35. The van der Waals surface area contributed by atoms with Crippen molar-refractivity contribution in [3.63, 3.8) is 0 Å². The molecule has 8 nitrogen and oxygen atoms in total. The normalized spacial score (nSPS) is 14.6. The van der Waals surface area contributed by atoms with Gasteiger partial charge in [-0.05, 0) is 55.3 Å². The molecule has 0 spiro atoms. The number of carbonyl (C=O) groups excluding carboxylic acids is 1. The molecule has 5 rings (SSSR count). The van der Waals surface area contributed by atoms with Crippen molar-refractivity contribution in [1.82, 2.24) is 19.9 Å². The Kier molecular flexibility index (Phi) is 6.10. The molecule has 186 valence electrons. The van der Waals surface area contributed by atoms with Gasteiger partial charge in [0.1, 0.15) is 12.1 Å². The molecule has 1 aliphatic carbocycles. The molecule has 0 saturated heterocycles. The van der Waals surface area contributed by atoms with E-state index in [1.807, 2.05) is 0 Å². The van der Waals surface area contributed by atoms with Crippen molar-refractivity contribution in [3.05, 3.63) is 78.4 Å². The van der Waals surface area contributed by atoms with Crippen LogP contribution in [0.5, 0.6) is 11.6 Å². The number of benzene rings is 2. The van der Waals surface area contributed by atoms with E-state index >= 15 is 0 Å². The highest BCUT2D eigenvalue weighted by Gasteiger charge is 2.41. The van der Waals surface area contributed by atoms with Crippen molar-refractivity contribution in [3.8, 4) is 11.6 Å². The molecule has 3 N–H and O–H groups in total. The summed E-state index contributed by atoms with van der Waals surface area (Å²) in [5, 5.41) is 15.9. The number of anilines is 1. The molecule has 1 saturated carbocycles. The summed E-state index contributed by atoms with van der Waals surface area (Å²) >= 11 is 0. The standard InChI is InChI=1S/C25H22F3N5O3/c26-25(27,28)17-2-1-3-18(11-17)32-23(35)33-9-6-16-10-20(4-5-21(16)33)36-22-12-19(29-15-30-22)13-31-24(14-34)7-8-24/h1-6,9-12,15,31,34H,7-8,13-14H2,(H,32,35).